The molecule has 0 saturated carbocycles. The van der Waals surface area contributed by atoms with Crippen molar-refractivity contribution >= 4 is 0 Å². The second-order valence-electron chi connectivity index (χ2n) is 9.40. The van der Waals surface area contributed by atoms with Crippen LogP contribution in [-0.2, 0) is 12.8 Å². The number of hydrogen-bond acceptors (Lipinski definition) is 2. The largest absolute Gasteiger partial charge is 0.507 e. The maximum Gasteiger partial charge on any atom is 0.132 e. The molecule has 2 heteroatoms. The summed E-state index contributed by atoms with van der Waals surface area (Å²) in [5, 5.41) is 20.9. The zero-order valence-electron chi connectivity index (χ0n) is 21.7. The van der Waals surface area contributed by atoms with Crippen LogP contribution in [0.3, 0.4) is 0 Å². The molecule has 3 rings (SSSR count). The second kappa shape index (κ2) is 14.7. The summed E-state index contributed by atoms with van der Waals surface area (Å²) in [6.07, 6.45) is 12.2. The van der Waals surface area contributed by atoms with Crippen molar-refractivity contribution in [2.45, 2.75) is 78.1 Å². The molecule has 0 aliphatic carbocycles. The summed E-state index contributed by atoms with van der Waals surface area (Å²) < 4.78 is 0. The Morgan fingerprint density at radius 2 is 0.889 bits per heavy atom. The van der Waals surface area contributed by atoms with Crippen molar-refractivity contribution in [1.82, 2.24) is 0 Å². The molecule has 0 radical (unpaired) electrons. The van der Waals surface area contributed by atoms with Gasteiger partial charge in [-0.2, -0.15) is 0 Å². The van der Waals surface area contributed by atoms with E-state index in [0.29, 0.717) is 11.1 Å². The van der Waals surface area contributed by atoms with Crippen LogP contribution in [0.2, 0.25) is 0 Å². The number of aromatic hydroxyl groups is 2. The van der Waals surface area contributed by atoms with Gasteiger partial charge in [0, 0.05) is 23.3 Å². The molecule has 0 aliphatic rings. The first-order valence-electron chi connectivity index (χ1n) is 13.4. The molecule has 0 unspecified atom stereocenters. The molecule has 0 heterocycles. The Kier molecular flexibility index (Phi) is 11.0. The first-order valence-corrected chi connectivity index (χ1v) is 13.4. The average Bonchev–Trinajstić information content (AvgIpc) is 2.90. The fourth-order valence-electron chi connectivity index (χ4n) is 4.08. The summed E-state index contributed by atoms with van der Waals surface area (Å²) >= 11 is 0. The van der Waals surface area contributed by atoms with E-state index in [1.165, 1.54) is 74.6 Å². The lowest BCUT2D eigenvalue weighted by Gasteiger charge is -2.03. The minimum atomic E-state index is 0.0135. The van der Waals surface area contributed by atoms with E-state index in [-0.39, 0.29) is 11.5 Å². The molecule has 3 aromatic carbocycles. The van der Waals surface area contributed by atoms with Gasteiger partial charge >= 0.3 is 0 Å². The molecule has 0 atom stereocenters. The number of phenols is 2. The molecule has 2 nitrogen and oxygen atoms in total. The van der Waals surface area contributed by atoms with E-state index in [0.717, 1.165) is 24.0 Å². The molecule has 0 aliphatic heterocycles. The van der Waals surface area contributed by atoms with E-state index >= 15 is 0 Å². The molecular weight excluding hydrogens is 440 g/mol. The van der Waals surface area contributed by atoms with Gasteiger partial charge in [0.1, 0.15) is 11.5 Å². The van der Waals surface area contributed by atoms with E-state index < -0.39 is 0 Å². The van der Waals surface area contributed by atoms with Crippen LogP contribution >= 0.6 is 0 Å². The van der Waals surface area contributed by atoms with E-state index in [1.807, 2.05) is 24.3 Å². The molecule has 3 aromatic rings. The first kappa shape index (κ1) is 27.0. The molecular formula is C34H38O2. The molecule has 0 aromatic heterocycles. The molecule has 36 heavy (non-hydrogen) atoms. The topological polar surface area (TPSA) is 40.5 Å². The number of phenolic OH excluding ortho intramolecular Hbond substituents is 2. The zero-order valence-corrected chi connectivity index (χ0v) is 21.7. The van der Waals surface area contributed by atoms with Crippen molar-refractivity contribution < 1.29 is 10.2 Å². The third kappa shape index (κ3) is 8.87. The number of aryl methyl sites for hydroxylation is 2. The van der Waals surface area contributed by atoms with Crippen LogP contribution in [0.25, 0.3) is 0 Å². The SMILES string of the molecule is CCCCCCc1ccc(C#Cc2cc(O)c(C#Cc3ccc(CCCCCC)cc3)cc2O)cc1. The first-order chi connectivity index (χ1) is 17.6. The van der Waals surface area contributed by atoms with Crippen LogP contribution < -0.4 is 0 Å². The minimum Gasteiger partial charge on any atom is -0.507 e. The van der Waals surface area contributed by atoms with E-state index in [2.05, 4.69) is 61.8 Å². The number of rotatable bonds is 10. The maximum absolute atomic E-state index is 10.5. The van der Waals surface area contributed by atoms with E-state index in [9.17, 15) is 10.2 Å². The van der Waals surface area contributed by atoms with Crippen LogP contribution in [0, 0.1) is 23.7 Å². The summed E-state index contributed by atoms with van der Waals surface area (Å²) in [6, 6.07) is 19.5. The molecule has 0 spiro atoms. The number of unbranched alkanes of at least 4 members (excludes halogenated alkanes) is 6. The molecule has 2 N–H and O–H groups in total. The van der Waals surface area contributed by atoms with Crippen LogP contribution in [0.1, 0.15) is 98.6 Å². The van der Waals surface area contributed by atoms with E-state index in [1.54, 1.807) is 0 Å². The number of hydrogen-bond donors (Lipinski definition) is 2. The smallest absolute Gasteiger partial charge is 0.132 e. The summed E-state index contributed by atoms with van der Waals surface area (Å²) in [4.78, 5) is 0. The Labute approximate surface area is 217 Å². The van der Waals surface area contributed by atoms with Gasteiger partial charge in [0.2, 0.25) is 0 Å². The van der Waals surface area contributed by atoms with Gasteiger partial charge in [-0.05, 0) is 61.1 Å². The molecule has 0 amide bonds. The van der Waals surface area contributed by atoms with Crippen molar-refractivity contribution in [3.05, 3.63) is 94.0 Å². The van der Waals surface area contributed by atoms with Crippen LogP contribution in [0.5, 0.6) is 11.5 Å². The van der Waals surface area contributed by atoms with E-state index in [4.69, 9.17) is 0 Å². The Hall–Kier alpha value is -3.62. The Balaban J connectivity index is 1.62. The van der Waals surface area contributed by atoms with Crippen LogP contribution in [0.4, 0.5) is 0 Å². The molecule has 186 valence electrons. The van der Waals surface area contributed by atoms with Crippen LogP contribution in [0.15, 0.2) is 60.7 Å². The predicted molar refractivity (Wildman–Crippen MR) is 150 cm³/mol. The average molecular weight is 479 g/mol. The van der Waals surface area contributed by atoms with Gasteiger partial charge in [0.05, 0.1) is 11.1 Å². The summed E-state index contributed by atoms with van der Waals surface area (Å²) in [5.74, 6) is 12.1. The van der Waals surface area contributed by atoms with Gasteiger partial charge < -0.3 is 10.2 Å². The highest BCUT2D eigenvalue weighted by Crippen LogP contribution is 2.26. The Bertz CT molecular complexity index is 1110. The third-order valence-electron chi connectivity index (χ3n) is 6.34. The lowest BCUT2D eigenvalue weighted by Crippen LogP contribution is -1.87. The highest BCUT2D eigenvalue weighted by atomic mass is 16.3. The Morgan fingerprint density at radius 3 is 1.25 bits per heavy atom. The normalized spacial score (nSPS) is 10.3. The van der Waals surface area contributed by atoms with Crippen molar-refractivity contribution in [2.75, 3.05) is 0 Å². The number of benzene rings is 3. The monoisotopic (exact) mass is 478 g/mol. The highest BCUT2D eigenvalue weighted by molar-refractivity contribution is 5.59. The maximum atomic E-state index is 10.5. The molecule has 0 saturated heterocycles. The lowest BCUT2D eigenvalue weighted by molar-refractivity contribution is 0.457. The fourth-order valence-corrected chi connectivity index (χ4v) is 4.08. The van der Waals surface area contributed by atoms with Gasteiger partial charge in [0.25, 0.3) is 0 Å². The van der Waals surface area contributed by atoms with Gasteiger partial charge in [0.15, 0.2) is 0 Å². The zero-order chi connectivity index (χ0) is 25.6. The molecule has 0 fully saturated rings. The van der Waals surface area contributed by atoms with Crippen molar-refractivity contribution in [3.63, 3.8) is 0 Å². The minimum absolute atomic E-state index is 0.0135. The third-order valence-corrected chi connectivity index (χ3v) is 6.34. The summed E-state index contributed by atoms with van der Waals surface area (Å²) in [6.45, 7) is 4.45. The summed E-state index contributed by atoms with van der Waals surface area (Å²) in [5.41, 5.74) is 5.17. The fraction of sp³-hybridized carbons (Fsp3) is 0.353. The second-order valence-corrected chi connectivity index (χ2v) is 9.40. The standard InChI is InChI=1S/C34H38O2/c1-3-5-7-9-11-27-13-17-29(18-14-27)21-23-31-25-34(36)32(26-33(31)35)24-22-30-19-15-28(16-20-30)12-10-8-6-4-2/h13-20,25-26,35-36H,3-12H2,1-2H3. The van der Waals surface area contributed by atoms with Crippen LogP contribution in [-0.4, -0.2) is 10.2 Å². The summed E-state index contributed by atoms with van der Waals surface area (Å²) in [7, 11) is 0. The quantitative estimate of drug-likeness (QED) is 0.175. The van der Waals surface area contributed by atoms with Gasteiger partial charge in [-0.1, -0.05) is 100 Å². The molecule has 0 bridgehead atoms. The van der Waals surface area contributed by atoms with Crippen molar-refractivity contribution in [3.8, 4) is 35.2 Å². The van der Waals surface area contributed by atoms with Gasteiger partial charge in [-0.25, -0.2) is 0 Å². The van der Waals surface area contributed by atoms with Crippen molar-refractivity contribution in [2.24, 2.45) is 0 Å². The highest BCUT2D eigenvalue weighted by Gasteiger charge is 2.06. The predicted octanol–water partition coefficient (Wildman–Crippen LogP) is 8.14. The van der Waals surface area contributed by atoms with Gasteiger partial charge in [-0.3, -0.25) is 0 Å². The van der Waals surface area contributed by atoms with Gasteiger partial charge in [-0.15, -0.1) is 0 Å². The van der Waals surface area contributed by atoms with Crippen molar-refractivity contribution in [1.29, 1.82) is 0 Å². The lowest BCUT2D eigenvalue weighted by atomic mass is 10.0. The Morgan fingerprint density at radius 1 is 0.500 bits per heavy atom.